The van der Waals surface area contributed by atoms with E-state index in [1.54, 1.807) is 30.3 Å². The molecule has 4 nitrogen and oxygen atoms in total. The van der Waals surface area contributed by atoms with Crippen molar-refractivity contribution in [2.75, 3.05) is 6.61 Å². The van der Waals surface area contributed by atoms with Crippen LogP contribution in [-0.4, -0.2) is 34.9 Å². The van der Waals surface area contributed by atoms with Gasteiger partial charge in [0.25, 0.3) is 8.32 Å². The summed E-state index contributed by atoms with van der Waals surface area (Å²) < 4.78 is 38.2. The topological polar surface area (TPSA) is 55.9 Å². The molecular weight excluding hydrogens is 424 g/mol. The quantitative estimate of drug-likeness (QED) is 0.405. The van der Waals surface area contributed by atoms with Crippen molar-refractivity contribution >= 4 is 28.5 Å². The van der Waals surface area contributed by atoms with Crippen LogP contribution >= 0.6 is 0 Å². The number of epoxide rings is 1. The second kappa shape index (κ2) is 8.35. The Kier molecular flexibility index (Phi) is 5.92. The van der Waals surface area contributed by atoms with Crippen LogP contribution < -0.4 is 10.4 Å². The van der Waals surface area contributed by atoms with Crippen LogP contribution in [0.3, 0.4) is 0 Å². The molecule has 0 unspecified atom stereocenters. The van der Waals surface area contributed by atoms with Crippen molar-refractivity contribution in [2.45, 2.75) is 42.2 Å². The zero-order valence-electron chi connectivity index (χ0n) is 18.1. The van der Waals surface area contributed by atoms with Crippen LogP contribution in [0.2, 0.25) is 5.04 Å². The second-order valence-corrected chi connectivity index (χ2v) is 15.2. The Morgan fingerprint density at radius 3 is 1.71 bits per heavy atom. The van der Waals surface area contributed by atoms with Crippen LogP contribution in [0, 0.1) is 0 Å². The maximum absolute atomic E-state index is 12.9. The van der Waals surface area contributed by atoms with Gasteiger partial charge in [-0.05, 0) is 27.5 Å². The molecule has 1 aliphatic heterocycles. The van der Waals surface area contributed by atoms with Crippen molar-refractivity contribution in [3.63, 3.8) is 0 Å². The molecule has 6 heteroatoms. The predicted molar refractivity (Wildman–Crippen MR) is 126 cm³/mol. The summed E-state index contributed by atoms with van der Waals surface area (Å²) in [6.45, 7) is 6.84. The lowest BCUT2D eigenvalue weighted by Crippen LogP contribution is -2.66. The van der Waals surface area contributed by atoms with Crippen molar-refractivity contribution in [1.82, 2.24) is 0 Å². The van der Waals surface area contributed by atoms with E-state index in [1.807, 2.05) is 36.4 Å². The summed E-state index contributed by atoms with van der Waals surface area (Å²) in [7, 11) is -6.25. The number of hydrogen-bond acceptors (Lipinski definition) is 4. The van der Waals surface area contributed by atoms with Crippen LogP contribution in [0.25, 0.3) is 0 Å². The van der Waals surface area contributed by atoms with E-state index in [9.17, 15) is 8.42 Å². The Morgan fingerprint density at radius 2 is 1.26 bits per heavy atom. The highest BCUT2D eigenvalue weighted by Gasteiger charge is 2.55. The Hall–Kier alpha value is -2.25. The van der Waals surface area contributed by atoms with Gasteiger partial charge in [0, 0.05) is 0 Å². The van der Waals surface area contributed by atoms with Gasteiger partial charge < -0.3 is 9.16 Å². The minimum atomic E-state index is -3.53. The number of ether oxygens (including phenoxy) is 1. The third-order valence-corrected chi connectivity index (χ3v) is 12.8. The van der Waals surface area contributed by atoms with Gasteiger partial charge in [0.1, 0.15) is 6.10 Å². The molecule has 3 aromatic rings. The van der Waals surface area contributed by atoms with E-state index >= 15 is 0 Å². The maximum atomic E-state index is 12.9. The molecule has 1 heterocycles. The van der Waals surface area contributed by atoms with Crippen LogP contribution in [0.15, 0.2) is 95.9 Å². The lowest BCUT2D eigenvalue weighted by Gasteiger charge is -2.43. The first-order valence-electron chi connectivity index (χ1n) is 10.5. The molecule has 0 saturated carbocycles. The summed E-state index contributed by atoms with van der Waals surface area (Å²) in [4.78, 5) is 0.285. The molecule has 1 saturated heterocycles. The van der Waals surface area contributed by atoms with Crippen LogP contribution in [-0.2, 0) is 19.0 Å². The number of rotatable bonds is 7. The van der Waals surface area contributed by atoms with Gasteiger partial charge in [0.15, 0.2) is 5.44 Å². The van der Waals surface area contributed by atoms with E-state index in [4.69, 9.17) is 9.16 Å². The average molecular weight is 453 g/mol. The van der Waals surface area contributed by atoms with Gasteiger partial charge in [-0.1, -0.05) is 99.6 Å². The molecule has 0 radical (unpaired) electrons. The molecule has 4 rings (SSSR count). The number of benzene rings is 3. The minimum Gasteiger partial charge on any atom is -0.405 e. The summed E-state index contributed by atoms with van der Waals surface area (Å²) in [6, 6.07) is 29.1. The van der Waals surface area contributed by atoms with Gasteiger partial charge in [-0.3, -0.25) is 0 Å². The van der Waals surface area contributed by atoms with Crippen LogP contribution in [0.1, 0.15) is 20.8 Å². The largest absolute Gasteiger partial charge is 0.405 e. The Morgan fingerprint density at radius 1 is 0.806 bits per heavy atom. The number of hydrogen-bond donors (Lipinski definition) is 0. The van der Waals surface area contributed by atoms with Crippen LogP contribution in [0.4, 0.5) is 0 Å². The molecular formula is C25H28O4SSi. The fourth-order valence-electron chi connectivity index (χ4n) is 4.23. The molecule has 1 aliphatic rings. The fourth-order valence-corrected chi connectivity index (χ4v) is 10.4. The van der Waals surface area contributed by atoms with E-state index < -0.39 is 29.7 Å². The van der Waals surface area contributed by atoms with Gasteiger partial charge in [-0.25, -0.2) is 8.42 Å². The van der Waals surface area contributed by atoms with Gasteiger partial charge in [-0.2, -0.15) is 0 Å². The molecule has 3 aromatic carbocycles. The van der Waals surface area contributed by atoms with Crippen molar-refractivity contribution in [3.05, 3.63) is 91.0 Å². The summed E-state index contributed by atoms with van der Waals surface area (Å²) in [5.74, 6) is 0. The molecule has 2 atom stereocenters. The first-order chi connectivity index (χ1) is 14.8. The summed E-state index contributed by atoms with van der Waals surface area (Å²) in [6.07, 6.45) is -0.466. The Bertz CT molecular complexity index is 1070. The van der Waals surface area contributed by atoms with Gasteiger partial charge >= 0.3 is 0 Å². The highest BCUT2D eigenvalue weighted by atomic mass is 32.2. The summed E-state index contributed by atoms with van der Waals surface area (Å²) in [5.41, 5.74) is -0.854. The highest BCUT2D eigenvalue weighted by Crippen LogP contribution is 2.39. The number of sulfone groups is 1. The van der Waals surface area contributed by atoms with Gasteiger partial charge in [0.05, 0.1) is 11.5 Å². The molecule has 0 bridgehead atoms. The van der Waals surface area contributed by atoms with Crippen molar-refractivity contribution < 1.29 is 17.6 Å². The third-order valence-electron chi connectivity index (χ3n) is 5.79. The predicted octanol–water partition coefficient (Wildman–Crippen LogP) is 3.76. The third kappa shape index (κ3) is 4.13. The molecule has 162 valence electrons. The monoisotopic (exact) mass is 452 g/mol. The van der Waals surface area contributed by atoms with E-state index in [1.165, 1.54) is 0 Å². The SMILES string of the molecule is CC(C)(C)[Si](OC[C@@H]1O[C@@H]1S(=O)(=O)c1ccccc1)(c1ccccc1)c1ccccc1. The summed E-state index contributed by atoms with van der Waals surface area (Å²) >= 11 is 0. The first kappa shape index (κ1) is 22.0. The standard InChI is InChI=1S/C25H28O4SSi/c1-25(2,3)31(21-15-9-5-10-16-21,22-17-11-6-12-18-22)28-19-23-24(29-23)30(26,27)20-13-7-4-8-14-20/h4-18,23-24H,19H2,1-3H3/t23-,24+/m0/s1. The van der Waals surface area contributed by atoms with E-state index in [2.05, 4.69) is 45.0 Å². The fraction of sp³-hybridized carbons (Fsp3) is 0.280. The van der Waals surface area contributed by atoms with E-state index in [-0.39, 0.29) is 16.5 Å². The van der Waals surface area contributed by atoms with Gasteiger partial charge in [0.2, 0.25) is 9.84 Å². The molecule has 0 amide bonds. The smallest absolute Gasteiger partial charge is 0.261 e. The molecule has 0 aliphatic carbocycles. The van der Waals surface area contributed by atoms with Crippen molar-refractivity contribution in [2.24, 2.45) is 0 Å². The van der Waals surface area contributed by atoms with Crippen molar-refractivity contribution in [1.29, 1.82) is 0 Å². The normalized spacial score (nSPS) is 19.2. The first-order valence-corrected chi connectivity index (χ1v) is 13.9. The van der Waals surface area contributed by atoms with E-state index in [0.717, 1.165) is 10.4 Å². The molecule has 1 fully saturated rings. The molecule has 31 heavy (non-hydrogen) atoms. The Balaban J connectivity index is 1.64. The lowest BCUT2D eigenvalue weighted by atomic mass is 10.2. The average Bonchev–Trinajstić information content (AvgIpc) is 3.56. The molecule has 0 spiro atoms. The Labute approximate surface area is 185 Å². The lowest BCUT2D eigenvalue weighted by molar-refractivity contribution is 0.249. The molecule has 0 N–H and O–H groups in total. The highest BCUT2D eigenvalue weighted by molar-refractivity contribution is 7.92. The minimum absolute atomic E-state index is 0.168. The summed E-state index contributed by atoms with van der Waals surface area (Å²) in [5, 5.41) is 2.16. The van der Waals surface area contributed by atoms with Gasteiger partial charge in [-0.15, -0.1) is 0 Å². The van der Waals surface area contributed by atoms with E-state index in [0.29, 0.717) is 0 Å². The second-order valence-electron chi connectivity index (χ2n) is 8.88. The zero-order chi connectivity index (χ0) is 22.1. The zero-order valence-corrected chi connectivity index (χ0v) is 19.9. The molecule has 0 aromatic heterocycles. The van der Waals surface area contributed by atoms with Crippen molar-refractivity contribution in [3.8, 4) is 0 Å². The maximum Gasteiger partial charge on any atom is 0.261 e. The van der Waals surface area contributed by atoms with Crippen LogP contribution in [0.5, 0.6) is 0 Å².